The van der Waals surface area contributed by atoms with Crippen LogP contribution in [-0.4, -0.2) is 32.6 Å². The number of H-pyrrole nitrogens is 1. The molecule has 0 unspecified atom stereocenters. The van der Waals surface area contributed by atoms with Gasteiger partial charge in [0.05, 0.1) is 5.69 Å². The van der Waals surface area contributed by atoms with Gasteiger partial charge >= 0.3 is 0 Å². The molecule has 7 heteroatoms. The average Bonchev–Trinajstić information content (AvgIpc) is 3.25. The Labute approximate surface area is 149 Å². The summed E-state index contributed by atoms with van der Waals surface area (Å²) in [5, 5.41) is 7.75. The van der Waals surface area contributed by atoms with Crippen molar-refractivity contribution in [2.75, 3.05) is 11.4 Å². The third kappa shape index (κ3) is 3.25. The SMILES string of the molecule is O=C1[C@@H](Cc2ccc(Cl)nc2)CCN1c1cc(-c2ccncc2)n[nH]1. The highest BCUT2D eigenvalue weighted by Gasteiger charge is 2.33. The highest BCUT2D eigenvalue weighted by Crippen LogP contribution is 2.28. The zero-order valence-electron chi connectivity index (χ0n) is 13.4. The molecule has 1 aliphatic heterocycles. The van der Waals surface area contributed by atoms with Crippen LogP contribution >= 0.6 is 11.6 Å². The van der Waals surface area contributed by atoms with E-state index >= 15 is 0 Å². The number of nitrogens with zero attached hydrogens (tertiary/aromatic N) is 4. The molecule has 0 aromatic carbocycles. The second kappa shape index (κ2) is 6.64. The van der Waals surface area contributed by atoms with Gasteiger partial charge in [0.15, 0.2) is 0 Å². The van der Waals surface area contributed by atoms with E-state index in [0.29, 0.717) is 18.1 Å². The molecule has 1 N–H and O–H groups in total. The number of hydrogen-bond acceptors (Lipinski definition) is 4. The van der Waals surface area contributed by atoms with Crippen molar-refractivity contribution in [1.29, 1.82) is 0 Å². The van der Waals surface area contributed by atoms with Gasteiger partial charge < -0.3 is 0 Å². The smallest absolute Gasteiger partial charge is 0.231 e. The lowest BCUT2D eigenvalue weighted by molar-refractivity contribution is -0.120. The molecule has 6 nitrogen and oxygen atoms in total. The minimum atomic E-state index is -0.0457. The van der Waals surface area contributed by atoms with Crippen molar-refractivity contribution in [3.05, 3.63) is 59.6 Å². The predicted molar refractivity (Wildman–Crippen MR) is 95.2 cm³/mol. The van der Waals surface area contributed by atoms with Crippen LogP contribution in [0.4, 0.5) is 5.82 Å². The lowest BCUT2D eigenvalue weighted by Crippen LogP contribution is -2.28. The minimum Gasteiger partial charge on any atom is -0.297 e. The summed E-state index contributed by atoms with van der Waals surface area (Å²) in [6.07, 6.45) is 6.66. The maximum absolute atomic E-state index is 12.7. The van der Waals surface area contributed by atoms with E-state index < -0.39 is 0 Å². The summed E-state index contributed by atoms with van der Waals surface area (Å²) < 4.78 is 0. The topological polar surface area (TPSA) is 74.8 Å². The van der Waals surface area contributed by atoms with E-state index in [1.54, 1.807) is 29.6 Å². The maximum atomic E-state index is 12.7. The van der Waals surface area contributed by atoms with Crippen LogP contribution in [0.1, 0.15) is 12.0 Å². The summed E-state index contributed by atoms with van der Waals surface area (Å²) in [4.78, 5) is 22.6. The van der Waals surface area contributed by atoms with Crippen LogP contribution in [0.25, 0.3) is 11.3 Å². The van der Waals surface area contributed by atoms with Gasteiger partial charge in [-0.3, -0.25) is 19.8 Å². The van der Waals surface area contributed by atoms with Gasteiger partial charge in [-0.2, -0.15) is 5.10 Å². The molecule has 4 heterocycles. The second-order valence-corrected chi connectivity index (χ2v) is 6.43. The number of carbonyl (C=O) groups excluding carboxylic acids is 1. The average molecular weight is 354 g/mol. The molecule has 0 radical (unpaired) electrons. The van der Waals surface area contributed by atoms with Crippen LogP contribution in [-0.2, 0) is 11.2 Å². The Morgan fingerprint density at radius 1 is 1.24 bits per heavy atom. The Hall–Kier alpha value is -2.73. The van der Waals surface area contributed by atoms with E-state index in [-0.39, 0.29) is 11.8 Å². The Morgan fingerprint density at radius 3 is 2.84 bits per heavy atom. The molecule has 0 saturated carbocycles. The van der Waals surface area contributed by atoms with E-state index in [1.165, 1.54) is 0 Å². The van der Waals surface area contributed by atoms with Gasteiger partial charge in [-0.05, 0) is 36.6 Å². The van der Waals surface area contributed by atoms with Gasteiger partial charge in [0.1, 0.15) is 11.0 Å². The van der Waals surface area contributed by atoms with E-state index in [2.05, 4.69) is 20.2 Å². The molecular formula is C18H16ClN5O. The molecule has 3 aromatic rings. The number of carbonyl (C=O) groups is 1. The highest BCUT2D eigenvalue weighted by atomic mass is 35.5. The van der Waals surface area contributed by atoms with Crippen LogP contribution in [0.5, 0.6) is 0 Å². The van der Waals surface area contributed by atoms with Crippen molar-refractivity contribution in [2.24, 2.45) is 5.92 Å². The number of aromatic nitrogens is 4. The molecule has 0 aliphatic carbocycles. The van der Waals surface area contributed by atoms with Crippen molar-refractivity contribution in [1.82, 2.24) is 20.2 Å². The highest BCUT2D eigenvalue weighted by molar-refractivity contribution is 6.29. The van der Waals surface area contributed by atoms with E-state index in [0.717, 1.165) is 29.1 Å². The fourth-order valence-corrected chi connectivity index (χ4v) is 3.21. The number of anilines is 1. The summed E-state index contributed by atoms with van der Waals surface area (Å²) in [6, 6.07) is 9.36. The Morgan fingerprint density at radius 2 is 2.08 bits per heavy atom. The Bertz CT molecular complexity index is 878. The lowest BCUT2D eigenvalue weighted by atomic mass is 9.99. The zero-order chi connectivity index (χ0) is 17.2. The standard InChI is InChI=1S/C18H16ClN5O/c19-16-2-1-12(11-21-16)9-14-5-8-24(18(14)25)17-10-15(22-23-17)13-3-6-20-7-4-13/h1-4,6-7,10-11,14H,5,8-9H2,(H,22,23)/t14-/m1/s1. The molecule has 3 aromatic heterocycles. The number of aromatic amines is 1. The summed E-state index contributed by atoms with van der Waals surface area (Å²) in [6.45, 7) is 0.683. The largest absolute Gasteiger partial charge is 0.297 e. The molecule has 1 saturated heterocycles. The van der Waals surface area contributed by atoms with Crippen molar-refractivity contribution in [3.8, 4) is 11.3 Å². The van der Waals surface area contributed by atoms with E-state index in [1.807, 2.05) is 24.3 Å². The number of halogens is 1. The molecule has 1 fully saturated rings. The molecule has 4 rings (SSSR count). The molecular weight excluding hydrogens is 338 g/mol. The van der Waals surface area contributed by atoms with E-state index in [9.17, 15) is 4.79 Å². The molecule has 1 aliphatic rings. The molecule has 0 spiro atoms. The first kappa shape index (κ1) is 15.8. The summed E-state index contributed by atoms with van der Waals surface area (Å²) in [7, 11) is 0. The number of rotatable bonds is 4. The normalized spacial score (nSPS) is 17.2. The summed E-state index contributed by atoms with van der Waals surface area (Å²) in [5.41, 5.74) is 2.79. The third-order valence-electron chi connectivity index (χ3n) is 4.42. The number of amides is 1. The van der Waals surface area contributed by atoms with Gasteiger partial charge in [0, 0.05) is 42.7 Å². The fraction of sp³-hybridized carbons (Fsp3) is 0.222. The Balaban J connectivity index is 1.48. The quantitative estimate of drug-likeness (QED) is 0.731. The van der Waals surface area contributed by atoms with Crippen LogP contribution < -0.4 is 4.90 Å². The summed E-state index contributed by atoms with van der Waals surface area (Å²) >= 11 is 5.81. The monoisotopic (exact) mass is 353 g/mol. The molecule has 0 bridgehead atoms. The van der Waals surface area contributed by atoms with Gasteiger partial charge in [-0.15, -0.1) is 0 Å². The first-order valence-corrected chi connectivity index (χ1v) is 8.46. The van der Waals surface area contributed by atoms with Crippen molar-refractivity contribution in [2.45, 2.75) is 12.8 Å². The van der Waals surface area contributed by atoms with Crippen molar-refractivity contribution < 1.29 is 4.79 Å². The maximum Gasteiger partial charge on any atom is 0.231 e. The lowest BCUT2D eigenvalue weighted by Gasteiger charge is -2.14. The van der Waals surface area contributed by atoms with Gasteiger partial charge in [-0.25, -0.2) is 4.98 Å². The number of hydrogen-bond donors (Lipinski definition) is 1. The van der Waals surface area contributed by atoms with Crippen LogP contribution in [0.15, 0.2) is 48.9 Å². The minimum absolute atomic E-state index is 0.0457. The predicted octanol–water partition coefficient (Wildman–Crippen LogP) is 3.12. The fourth-order valence-electron chi connectivity index (χ4n) is 3.10. The second-order valence-electron chi connectivity index (χ2n) is 6.04. The van der Waals surface area contributed by atoms with Crippen LogP contribution in [0.3, 0.4) is 0 Å². The Kier molecular flexibility index (Phi) is 4.19. The molecule has 1 atom stereocenters. The van der Waals surface area contributed by atoms with Crippen molar-refractivity contribution >= 4 is 23.3 Å². The molecule has 25 heavy (non-hydrogen) atoms. The summed E-state index contributed by atoms with van der Waals surface area (Å²) in [5.74, 6) is 0.795. The first-order valence-electron chi connectivity index (χ1n) is 8.08. The molecule has 126 valence electrons. The van der Waals surface area contributed by atoms with Gasteiger partial charge in [0.2, 0.25) is 5.91 Å². The van der Waals surface area contributed by atoms with E-state index in [4.69, 9.17) is 11.6 Å². The number of pyridine rings is 2. The van der Waals surface area contributed by atoms with Gasteiger partial charge in [0.25, 0.3) is 0 Å². The third-order valence-corrected chi connectivity index (χ3v) is 4.64. The van der Waals surface area contributed by atoms with Crippen molar-refractivity contribution in [3.63, 3.8) is 0 Å². The zero-order valence-corrected chi connectivity index (χ0v) is 14.1. The number of nitrogens with one attached hydrogen (secondary N) is 1. The molecule has 1 amide bonds. The van der Waals surface area contributed by atoms with Crippen LogP contribution in [0.2, 0.25) is 5.15 Å². The van der Waals surface area contributed by atoms with Crippen LogP contribution in [0, 0.1) is 5.92 Å². The first-order chi connectivity index (χ1) is 12.2. The van der Waals surface area contributed by atoms with Gasteiger partial charge in [-0.1, -0.05) is 17.7 Å².